The third kappa shape index (κ3) is 5.44. The van der Waals surface area contributed by atoms with Crippen LogP contribution in [0.4, 0.5) is 0 Å². The van der Waals surface area contributed by atoms with E-state index in [4.69, 9.17) is 5.26 Å². The average Bonchev–Trinajstić information content (AvgIpc) is 2.66. The molecule has 0 unspecified atom stereocenters. The predicted molar refractivity (Wildman–Crippen MR) is 111 cm³/mol. The van der Waals surface area contributed by atoms with E-state index in [9.17, 15) is 0 Å². The molecule has 1 fully saturated rings. The van der Waals surface area contributed by atoms with Crippen molar-refractivity contribution in [1.29, 1.82) is 5.26 Å². The summed E-state index contributed by atoms with van der Waals surface area (Å²) in [5, 5.41) is 8.96. The van der Waals surface area contributed by atoms with Crippen molar-refractivity contribution in [2.75, 3.05) is 13.1 Å². The molecule has 0 bridgehead atoms. The zero-order valence-corrected chi connectivity index (χ0v) is 16.8. The second kappa shape index (κ2) is 9.55. The fraction of sp³-hybridized carbons (Fsp3) is 0.458. The first-order valence-corrected chi connectivity index (χ1v) is 9.83. The number of nitriles is 1. The summed E-state index contributed by atoms with van der Waals surface area (Å²) in [6.07, 6.45) is 2.94. The second-order valence-corrected chi connectivity index (χ2v) is 7.49. The van der Waals surface area contributed by atoms with Gasteiger partial charge in [-0.05, 0) is 55.0 Å². The topological polar surface area (TPSA) is 27.0 Å². The predicted octanol–water partition coefficient (Wildman–Crippen LogP) is 6.20. The van der Waals surface area contributed by atoms with Crippen LogP contribution < -0.4 is 0 Å². The van der Waals surface area contributed by atoms with Gasteiger partial charge >= 0.3 is 0 Å². The molecule has 2 aromatic rings. The number of hydrogen-bond acceptors (Lipinski definition) is 2. The van der Waals surface area contributed by atoms with Crippen molar-refractivity contribution in [2.24, 2.45) is 5.41 Å². The molecular weight excluding hydrogens is 316 g/mol. The number of hydrogen-bond donors (Lipinski definition) is 0. The molecule has 0 saturated carbocycles. The Morgan fingerprint density at radius 3 is 2.23 bits per heavy atom. The van der Waals surface area contributed by atoms with Crippen LogP contribution in [0.5, 0.6) is 0 Å². The van der Waals surface area contributed by atoms with Gasteiger partial charge in [-0.25, -0.2) is 0 Å². The Kier molecular flexibility index (Phi) is 7.42. The number of rotatable bonds is 4. The molecule has 0 aromatic heterocycles. The van der Waals surface area contributed by atoms with Gasteiger partial charge in [-0.3, -0.25) is 4.90 Å². The quantitative estimate of drug-likeness (QED) is 0.657. The molecular formula is C24H32N2. The molecule has 2 nitrogen and oxygen atoms in total. The highest BCUT2D eigenvalue weighted by Crippen LogP contribution is 2.34. The van der Waals surface area contributed by atoms with E-state index in [0.717, 1.165) is 32.5 Å². The second-order valence-electron chi connectivity index (χ2n) is 7.49. The van der Waals surface area contributed by atoms with Gasteiger partial charge in [0.25, 0.3) is 0 Å². The van der Waals surface area contributed by atoms with Crippen LogP contribution in [0.2, 0.25) is 0 Å². The molecule has 2 aromatic carbocycles. The van der Waals surface area contributed by atoms with Gasteiger partial charge in [-0.15, -0.1) is 0 Å². The van der Waals surface area contributed by atoms with Crippen molar-refractivity contribution in [1.82, 2.24) is 4.90 Å². The van der Waals surface area contributed by atoms with E-state index in [0.29, 0.717) is 6.42 Å². The van der Waals surface area contributed by atoms with Gasteiger partial charge in [0.1, 0.15) is 0 Å². The molecule has 0 atom stereocenters. The molecule has 3 rings (SSSR count). The van der Waals surface area contributed by atoms with Gasteiger partial charge in [0.15, 0.2) is 0 Å². The summed E-state index contributed by atoms with van der Waals surface area (Å²) in [6, 6.07) is 20.0. The lowest BCUT2D eigenvalue weighted by Crippen LogP contribution is -2.38. The first-order chi connectivity index (χ1) is 12.6. The smallest absolute Gasteiger partial charge is 0.0627 e. The van der Waals surface area contributed by atoms with Crippen LogP contribution in [0.1, 0.15) is 51.2 Å². The summed E-state index contributed by atoms with van der Waals surface area (Å²) < 4.78 is 0. The summed E-state index contributed by atoms with van der Waals surface area (Å²) in [6.45, 7) is 11.6. The van der Waals surface area contributed by atoms with E-state index in [1.807, 2.05) is 13.8 Å². The maximum absolute atomic E-state index is 8.96. The van der Waals surface area contributed by atoms with Crippen LogP contribution in [-0.2, 0) is 6.54 Å². The number of aryl methyl sites for hydroxylation is 1. The Hall–Kier alpha value is -2.11. The monoisotopic (exact) mass is 348 g/mol. The number of piperidine rings is 1. The standard InChI is InChI=1S/C22H26N2.C2H6/c1-18-4-3-5-21(16-18)20-8-6-19(7-9-20)17-24-14-11-22(2,10-13-23)12-15-24;1-2/h3-9,16H,10-12,14-15,17H2,1-2H3;1-2H3. The lowest BCUT2D eigenvalue weighted by Gasteiger charge is -2.38. The van der Waals surface area contributed by atoms with Gasteiger partial charge in [-0.2, -0.15) is 5.26 Å². The summed E-state index contributed by atoms with van der Waals surface area (Å²) in [5.74, 6) is 0. The van der Waals surface area contributed by atoms with E-state index >= 15 is 0 Å². The van der Waals surface area contributed by atoms with Crippen molar-refractivity contribution in [3.63, 3.8) is 0 Å². The Morgan fingerprint density at radius 2 is 1.65 bits per heavy atom. The maximum atomic E-state index is 8.96. The zero-order chi connectivity index (χ0) is 19.0. The minimum atomic E-state index is 0.222. The SMILES string of the molecule is CC.Cc1cccc(-c2ccc(CN3CCC(C)(CC#N)CC3)cc2)c1. The Morgan fingerprint density at radius 1 is 1.00 bits per heavy atom. The van der Waals surface area contributed by atoms with E-state index in [2.05, 4.69) is 73.3 Å². The van der Waals surface area contributed by atoms with Gasteiger partial charge in [0.2, 0.25) is 0 Å². The summed E-state index contributed by atoms with van der Waals surface area (Å²) >= 11 is 0. The van der Waals surface area contributed by atoms with E-state index in [1.54, 1.807) is 0 Å². The third-order valence-corrected chi connectivity index (χ3v) is 5.28. The first kappa shape index (κ1) is 20.2. The zero-order valence-electron chi connectivity index (χ0n) is 16.8. The lowest BCUT2D eigenvalue weighted by atomic mass is 9.78. The largest absolute Gasteiger partial charge is 0.299 e. The molecule has 0 N–H and O–H groups in total. The van der Waals surface area contributed by atoms with E-state index in [-0.39, 0.29) is 5.41 Å². The molecule has 2 heteroatoms. The molecule has 1 aliphatic rings. The maximum Gasteiger partial charge on any atom is 0.0627 e. The Balaban J connectivity index is 0.00000117. The number of likely N-dealkylation sites (tertiary alicyclic amines) is 1. The van der Waals surface area contributed by atoms with Crippen LogP contribution in [0.3, 0.4) is 0 Å². The molecule has 138 valence electrons. The van der Waals surface area contributed by atoms with Crippen LogP contribution in [0.25, 0.3) is 11.1 Å². The highest BCUT2D eigenvalue weighted by atomic mass is 15.1. The summed E-state index contributed by atoms with van der Waals surface area (Å²) in [7, 11) is 0. The van der Waals surface area contributed by atoms with Crippen molar-refractivity contribution < 1.29 is 0 Å². The molecule has 26 heavy (non-hydrogen) atoms. The summed E-state index contributed by atoms with van der Waals surface area (Å²) in [4.78, 5) is 2.51. The fourth-order valence-corrected chi connectivity index (χ4v) is 3.50. The van der Waals surface area contributed by atoms with Crippen molar-refractivity contribution in [3.05, 3.63) is 59.7 Å². The molecule has 1 aliphatic heterocycles. The van der Waals surface area contributed by atoms with Crippen LogP contribution >= 0.6 is 0 Å². The third-order valence-electron chi connectivity index (χ3n) is 5.28. The van der Waals surface area contributed by atoms with Crippen molar-refractivity contribution in [2.45, 2.75) is 53.5 Å². The first-order valence-electron chi connectivity index (χ1n) is 9.83. The Labute approximate surface area is 159 Å². The summed E-state index contributed by atoms with van der Waals surface area (Å²) in [5.41, 5.74) is 5.45. The van der Waals surface area contributed by atoms with E-state index < -0.39 is 0 Å². The number of benzene rings is 2. The molecule has 0 aliphatic carbocycles. The minimum absolute atomic E-state index is 0.222. The van der Waals surface area contributed by atoms with Gasteiger partial charge in [0, 0.05) is 13.0 Å². The molecule has 1 heterocycles. The molecule has 0 amide bonds. The highest BCUT2D eigenvalue weighted by molar-refractivity contribution is 5.64. The molecule has 1 saturated heterocycles. The minimum Gasteiger partial charge on any atom is -0.299 e. The van der Waals surface area contributed by atoms with Gasteiger partial charge in [-0.1, -0.05) is 74.9 Å². The van der Waals surface area contributed by atoms with Crippen LogP contribution in [0, 0.1) is 23.7 Å². The molecule has 0 radical (unpaired) electrons. The van der Waals surface area contributed by atoms with Crippen LogP contribution in [0.15, 0.2) is 48.5 Å². The van der Waals surface area contributed by atoms with Crippen molar-refractivity contribution >= 4 is 0 Å². The average molecular weight is 349 g/mol. The van der Waals surface area contributed by atoms with Crippen molar-refractivity contribution in [3.8, 4) is 17.2 Å². The van der Waals surface area contributed by atoms with E-state index in [1.165, 1.54) is 22.3 Å². The number of nitrogens with zero attached hydrogens (tertiary/aromatic N) is 2. The van der Waals surface area contributed by atoms with Crippen LogP contribution in [-0.4, -0.2) is 18.0 Å². The highest BCUT2D eigenvalue weighted by Gasteiger charge is 2.29. The molecule has 0 spiro atoms. The normalized spacial score (nSPS) is 16.3. The van der Waals surface area contributed by atoms with Gasteiger partial charge in [0.05, 0.1) is 6.07 Å². The lowest BCUT2D eigenvalue weighted by molar-refractivity contribution is 0.116. The fourth-order valence-electron chi connectivity index (χ4n) is 3.50. The Bertz CT molecular complexity index is 717. The van der Waals surface area contributed by atoms with Gasteiger partial charge < -0.3 is 0 Å².